The van der Waals surface area contributed by atoms with Crippen molar-refractivity contribution in [3.63, 3.8) is 0 Å². The summed E-state index contributed by atoms with van der Waals surface area (Å²) in [6, 6.07) is 23.9. The van der Waals surface area contributed by atoms with Crippen LogP contribution in [0, 0.1) is 0 Å². The summed E-state index contributed by atoms with van der Waals surface area (Å²) in [7, 11) is 0. The molecule has 28 heavy (non-hydrogen) atoms. The zero-order valence-electron chi connectivity index (χ0n) is 15.8. The van der Waals surface area contributed by atoms with E-state index < -0.39 is 0 Å². The van der Waals surface area contributed by atoms with Gasteiger partial charge in [0.2, 0.25) is 0 Å². The largest absolute Gasteiger partial charge is 0.494 e. The minimum atomic E-state index is -0.188. The maximum Gasteiger partial charge on any atom is 0.255 e. The van der Waals surface area contributed by atoms with Crippen LogP contribution in [0.25, 0.3) is 0 Å². The van der Waals surface area contributed by atoms with E-state index in [-0.39, 0.29) is 5.91 Å². The second-order valence-electron chi connectivity index (χ2n) is 5.95. The van der Waals surface area contributed by atoms with E-state index in [9.17, 15) is 4.79 Å². The number of carbonyl (C=O) groups is 1. The predicted molar refractivity (Wildman–Crippen MR) is 109 cm³/mol. The van der Waals surface area contributed by atoms with Crippen LogP contribution >= 0.6 is 0 Å². The first kappa shape index (κ1) is 19.3. The molecule has 0 radical (unpaired) electrons. The zero-order valence-corrected chi connectivity index (χ0v) is 15.8. The standard InChI is InChI=1S/C23H23NO4/c1-2-26-22-10-6-7-18(17-22)23(25)24-19-11-13-21(14-12-19)28-16-15-27-20-8-4-3-5-9-20/h3-14,17H,2,15-16H2,1H3,(H,24,25). The lowest BCUT2D eigenvalue weighted by Crippen LogP contribution is -2.12. The number of amides is 1. The molecule has 144 valence electrons. The molecule has 3 aromatic rings. The number of hydrogen-bond donors (Lipinski definition) is 1. The Morgan fingerprint density at radius 1 is 0.750 bits per heavy atom. The number of para-hydroxylation sites is 1. The molecule has 0 saturated heterocycles. The number of benzene rings is 3. The first-order valence-electron chi connectivity index (χ1n) is 9.19. The van der Waals surface area contributed by atoms with Gasteiger partial charge in [-0.05, 0) is 61.5 Å². The van der Waals surface area contributed by atoms with Gasteiger partial charge in [-0.15, -0.1) is 0 Å². The molecule has 5 heteroatoms. The molecule has 0 atom stereocenters. The molecular weight excluding hydrogens is 354 g/mol. The lowest BCUT2D eigenvalue weighted by Gasteiger charge is -2.10. The van der Waals surface area contributed by atoms with E-state index in [1.807, 2.05) is 55.5 Å². The van der Waals surface area contributed by atoms with Crippen molar-refractivity contribution in [2.45, 2.75) is 6.92 Å². The number of anilines is 1. The Bertz CT molecular complexity index is 879. The second kappa shape index (κ2) is 10.0. The number of rotatable bonds is 9. The Balaban J connectivity index is 1.47. The van der Waals surface area contributed by atoms with E-state index in [0.29, 0.717) is 42.6 Å². The third kappa shape index (κ3) is 5.77. The Hall–Kier alpha value is -3.47. The summed E-state index contributed by atoms with van der Waals surface area (Å²) in [5.74, 6) is 2.02. The third-order valence-corrected chi connectivity index (χ3v) is 3.88. The number of ether oxygens (including phenoxy) is 3. The van der Waals surface area contributed by atoms with Crippen LogP contribution in [0.1, 0.15) is 17.3 Å². The highest BCUT2D eigenvalue weighted by molar-refractivity contribution is 6.04. The molecule has 0 aliphatic rings. The lowest BCUT2D eigenvalue weighted by molar-refractivity contribution is 0.102. The van der Waals surface area contributed by atoms with Gasteiger partial charge in [-0.2, -0.15) is 0 Å². The molecule has 0 spiro atoms. The Morgan fingerprint density at radius 2 is 1.39 bits per heavy atom. The molecule has 1 N–H and O–H groups in total. The van der Waals surface area contributed by atoms with Crippen molar-refractivity contribution in [1.29, 1.82) is 0 Å². The molecule has 1 amide bonds. The van der Waals surface area contributed by atoms with Gasteiger partial charge in [-0.1, -0.05) is 24.3 Å². The molecule has 5 nitrogen and oxygen atoms in total. The quantitative estimate of drug-likeness (QED) is 0.545. The molecule has 0 saturated carbocycles. The van der Waals surface area contributed by atoms with E-state index in [0.717, 1.165) is 5.75 Å². The summed E-state index contributed by atoms with van der Waals surface area (Å²) < 4.78 is 16.7. The van der Waals surface area contributed by atoms with Gasteiger partial charge in [0.05, 0.1) is 6.61 Å². The average Bonchev–Trinajstić information content (AvgIpc) is 2.73. The van der Waals surface area contributed by atoms with Crippen LogP contribution in [0.2, 0.25) is 0 Å². The average molecular weight is 377 g/mol. The molecular formula is C23H23NO4. The fourth-order valence-electron chi connectivity index (χ4n) is 2.57. The summed E-state index contributed by atoms with van der Waals surface area (Å²) in [6.07, 6.45) is 0. The van der Waals surface area contributed by atoms with Crippen molar-refractivity contribution < 1.29 is 19.0 Å². The first-order valence-corrected chi connectivity index (χ1v) is 9.19. The van der Waals surface area contributed by atoms with E-state index in [1.165, 1.54) is 0 Å². The molecule has 0 fully saturated rings. The summed E-state index contributed by atoms with van der Waals surface area (Å²) in [5.41, 5.74) is 1.24. The molecule has 3 rings (SSSR count). The highest BCUT2D eigenvalue weighted by Crippen LogP contribution is 2.18. The lowest BCUT2D eigenvalue weighted by atomic mass is 10.2. The van der Waals surface area contributed by atoms with Gasteiger partial charge < -0.3 is 19.5 Å². The molecule has 0 unspecified atom stereocenters. The number of carbonyl (C=O) groups excluding carboxylic acids is 1. The minimum Gasteiger partial charge on any atom is -0.494 e. The van der Waals surface area contributed by atoms with Gasteiger partial charge in [0.1, 0.15) is 30.5 Å². The smallest absolute Gasteiger partial charge is 0.255 e. The van der Waals surface area contributed by atoms with Gasteiger partial charge >= 0.3 is 0 Å². The van der Waals surface area contributed by atoms with Crippen molar-refractivity contribution in [3.05, 3.63) is 84.4 Å². The highest BCUT2D eigenvalue weighted by atomic mass is 16.5. The second-order valence-corrected chi connectivity index (χ2v) is 5.95. The summed E-state index contributed by atoms with van der Waals surface area (Å²) >= 11 is 0. The normalized spacial score (nSPS) is 10.2. The van der Waals surface area contributed by atoms with Crippen LogP contribution in [-0.2, 0) is 0 Å². The Kier molecular flexibility index (Phi) is 6.90. The van der Waals surface area contributed by atoms with E-state index in [4.69, 9.17) is 14.2 Å². The van der Waals surface area contributed by atoms with Gasteiger partial charge in [0.15, 0.2) is 0 Å². The Labute approximate surface area is 164 Å². The molecule has 0 bridgehead atoms. The van der Waals surface area contributed by atoms with Crippen LogP contribution < -0.4 is 19.5 Å². The Morgan fingerprint density at radius 3 is 2.07 bits per heavy atom. The third-order valence-electron chi connectivity index (χ3n) is 3.88. The molecule has 0 aliphatic carbocycles. The van der Waals surface area contributed by atoms with Gasteiger partial charge in [-0.3, -0.25) is 4.79 Å². The zero-order chi connectivity index (χ0) is 19.6. The number of nitrogens with one attached hydrogen (secondary N) is 1. The van der Waals surface area contributed by atoms with Crippen molar-refractivity contribution >= 4 is 11.6 Å². The SMILES string of the molecule is CCOc1cccc(C(=O)Nc2ccc(OCCOc3ccccc3)cc2)c1. The van der Waals surface area contributed by atoms with Gasteiger partial charge in [-0.25, -0.2) is 0 Å². The summed E-state index contributed by atoms with van der Waals surface area (Å²) in [4.78, 5) is 12.4. The van der Waals surface area contributed by atoms with E-state index >= 15 is 0 Å². The van der Waals surface area contributed by atoms with Crippen molar-refractivity contribution in [2.24, 2.45) is 0 Å². The fourth-order valence-corrected chi connectivity index (χ4v) is 2.57. The summed E-state index contributed by atoms with van der Waals surface area (Å²) in [6.45, 7) is 3.36. The van der Waals surface area contributed by atoms with Crippen LogP contribution in [0.3, 0.4) is 0 Å². The van der Waals surface area contributed by atoms with Crippen LogP contribution in [-0.4, -0.2) is 25.7 Å². The topological polar surface area (TPSA) is 56.8 Å². The van der Waals surface area contributed by atoms with Gasteiger partial charge in [0.25, 0.3) is 5.91 Å². The van der Waals surface area contributed by atoms with Crippen molar-refractivity contribution in [1.82, 2.24) is 0 Å². The van der Waals surface area contributed by atoms with Crippen molar-refractivity contribution in [2.75, 3.05) is 25.1 Å². The number of hydrogen-bond acceptors (Lipinski definition) is 4. The monoisotopic (exact) mass is 377 g/mol. The summed E-state index contributed by atoms with van der Waals surface area (Å²) in [5, 5.41) is 2.87. The molecule has 0 aromatic heterocycles. The molecule has 0 aliphatic heterocycles. The van der Waals surface area contributed by atoms with Crippen LogP contribution in [0.4, 0.5) is 5.69 Å². The van der Waals surface area contributed by atoms with Crippen molar-refractivity contribution in [3.8, 4) is 17.2 Å². The molecule has 0 heterocycles. The van der Waals surface area contributed by atoms with Crippen LogP contribution in [0.15, 0.2) is 78.9 Å². The van der Waals surface area contributed by atoms with E-state index in [1.54, 1.807) is 30.3 Å². The van der Waals surface area contributed by atoms with Gasteiger partial charge in [0, 0.05) is 11.3 Å². The predicted octanol–water partition coefficient (Wildman–Crippen LogP) is 4.80. The maximum absolute atomic E-state index is 12.4. The highest BCUT2D eigenvalue weighted by Gasteiger charge is 2.07. The first-order chi connectivity index (χ1) is 13.7. The van der Waals surface area contributed by atoms with Crippen LogP contribution in [0.5, 0.6) is 17.2 Å². The van der Waals surface area contributed by atoms with E-state index in [2.05, 4.69) is 5.32 Å². The molecule has 3 aromatic carbocycles. The maximum atomic E-state index is 12.4. The fraction of sp³-hybridized carbons (Fsp3) is 0.174. The minimum absolute atomic E-state index is 0.188.